The van der Waals surface area contributed by atoms with E-state index in [1.165, 1.54) is 6.07 Å². The molecule has 2 aromatic carbocycles. The number of benzene rings is 2. The van der Waals surface area contributed by atoms with Gasteiger partial charge in [0, 0.05) is 16.6 Å². The van der Waals surface area contributed by atoms with Gasteiger partial charge in [-0.2, -0.15) is 0 Å². The lowest BCUT2D eigenvalue weighted by Crippen LogP contribution is -1.99. The van der Waals surface area contributed by atoms with Gasteiger partial charge < -0.3 is 10.5 Å². The third-order valence-electron chi connectivity index (χ3n) is 2.36. The highest BCUT2D eigenvalue weighted by Gasteiger charge is 2.06. The highest BCUT2D eigenvalue weighted by molar-refractivity contribution is 9.10. The molecule has 0 heterocycles. The van der Waals surface area contributed by atoms with Crippen molar-refractivity contribution in [2.45, 2.75) is 6.54 Å². The van der Waals surface area contributed by atoms with Gasteiger partial charge in [-0.15, -0.1) is 0 Å². The molecule has 0 aromatic heterocycles. The molecule has 2 N–H and O–H groups in total. The summed E-state index contributed by atoms with van der Waals surface area (Å²) in [5.74, 6) is 0.900. The molecule has 18 heavy (non-hydrogen) atoms. The molecule has 0 atom stereocenters. The third-order valence-corrected chi connectivity index (χ3v) is 3.46. The summed E-state index contributed by atoms with van der Waals surface area (Å²) in [6, 6.07) is 10.1. The van der Waals surface area contributed by atoms with Crippen LogP contribution in [0.2, 0.25) is 0 Å². The molecule has 0 aliphatic rings. The number of nitrogens with two attached hydrogens (primary N) is 1. The van der Waals surface area contributed by atoms with Gasteiger partial charge in [0.15, 0.2) is 0 Å². The van der Waals surface area contributed by atoms with Crippen molar-refractivity contribution < 1.29 is 9.13 Å². The van der Waals surface area contributed by atoms with Crippen molar-refractivity contribution in [1.29, 1.82) is 0 Å². The fraction of sp³-hybridized carbons (Fsp3) is 0.0769. The molecule has 5 heteroatoms. The molecule has 0 spiro atoms. The van der Waals surface area contributed by atoms with Gasteiger partial charge in [0.25, 0.3) is 0 Å². The maximum atomic E-state index is 13.1. The Balaban J connectivity index is 2.30. The minimum Gasteiger partial charge on any atom is -0.457 e. The van der Waals surface area contributed by atoms with Crippen LogP contribution in [-0.4, -0.2) is 0 Å². The predicted octanol–water partition coefficient (Wildman–Crippen LogP) is 4.60. The van der Waals surface area contributed by atoms with E-state index in [0.717, 1.165) is 10.0 Å². The van der Waals surface area contributed by atoms with Crippen molar-refractivity contribution in [2.24, 2.45) is 5.73 Å². The highest BCUT2D eigenvalue weighted by atomic mass is 79.9. The van der Waals surface area contributed by atoms with Crippen LogP contribution >= 0.6 is 31.9 Å². The van der Waals surface area contributed by atoms with E-state index in [2.05, 4.69) is 31.9 Å². The maximum absolute atomic E-state index is 13.1. The summed E-state index contributed by atoms with van der Waals surface area (Å²) in [5, 5.41) is 0. The first-order valence-corrected chi connectivity index (χ1v) is 6.80. The second-order valence-corrected chi connectivity index (χ2v) is 5.40. The van der Waals surface area contributed by atoms with E-state index in [0.29, 0.717) is 22.5 Å². The van der Waals surface area contributed by atoms with Gasteiger partial charge in [0.05, 0.1) is 4.47 Å². The SMILES string of the molecule is NCc1cc(Br)ccc1Oc1ccc(F)c(Br)c1. The van der Waals surface area contributed by atoms with Gasteiger partial charge in [0.2, 0.25) is 0 Å². The summed E-state index contributed by atoms with van der Waals surface area (Å²) in [7, 11) is 0. The quantitative estimate of drug-likeness (QED) is 0.851. The summed E-state index contributed by atoms with van der Waals surface area (Å²) in [6.45, 7) is 0.372. The summed E-state index contributed by atoms with van der Waals surface area (Å²) in [4.78, 5) is 0. The number of rotatable bonds is 3. The van der Waals surface area contributed by atoms with Gasteiger partial charge >= 0.3 is 0 Å². The Morgan fingerprint density at radius 2 is 1.89 bits per heavy atom. The van der Waals surface area contributed by atoms with Gasteiger partial charge in [-0.3, -0.25) is 0 Å². The number of hydrogen-bond acceptors (Lipinski definition) is 2. The van der Waals surface area contributed by atoms with Crippen LogP contribution in [0.3, 0.4) is 0 Å². The number of halogens is 3. The largest absolute Gasteiger partial charge is 0.457 e. The number of ether oxygens (including phenoxy) is 1. The van der Waals surface area contributed by atoms with E-state index >= 15 is 0 Å². The second-order valence-electron chi connectivity index (χ2n) is 3.63. The van der Waals surface area contributed by atoms with E-state index in [9.17, 15) is 4.39 Å². The molecule has 2 aromatic rings. The Bertz CT molecular complexity index is 575. The van der Waals surface area contributed by atoms with E-state index in [-0.39, 0.29) is 5.82 Å². The molecular weight excluding hydrogens is 365 g/mol. The average Bonchev–Trinajstić information content (AvgIpc) is 2.36. The van der Waals surface area contributed by atoms with Crippen LogP contribution in [0.1, 0.15) is 5.56 Å². The molecule has 0 fully saturated rings. The van der Waals surface area contributed by atoms with Gasteiger partial charge in [-0.1, -0.05) is 15.9 Å². The van der Waals surface area contributed by atoms with Crippen LogP contribution in [0.5, 0.6) is 11.5 Å². The normalized spacial score (nSPS) is 10.4. The van der Waals surface area contributed by atoms with E-state index in [1.54, 1.807) is 12.1 Å². The monoisotopic (exact) mass is 373 g/mol. The minimum atomic E-state index is -0.322. The molecule has 0 unspecified atom stereocenters. The van der Waals surface area contributed by atoms with Crippen LogP contribution in [0.15, 0.2) is 45.3 Å². The van der Waals surface area contributed by atoms with Crippen LogP contribution in [0.4, 0.5) is 4.39 Å². The summed E-state index contributed by atoms with van der Waals surface area (Å²) in [5.41, 5.74) is 6.54. The van der Waals surface area contributed by atoms with Crippen LogP contribution in [0.25, 0.3) is 0 Å². The predicted molar refractivity (Wildman–Crippen MR) is 76.2 cm³/mol. The Kier molecular flexibility index (Phi) is 4.37. The van der Waals surface area contributed by atoms with Gasteiger partial charge in [0.1, 0.15) is 17.3 Å². The molecule has 0 bridgehead atoms. The first kappa shape index (κ1) is 13.5. The standard InChI is InChI=1S/C13H10Br2FNO/c14-9-1-4-13(8(5-9)7-17)18-10-2-3-12(16)11(15)6-10/h1-6H,7,17H2. The molecule has 2 nitrogen and oxygen atoms in total. The lowest BCUT2D eigenvalue weighted by Gasteiger charge is -2.10. The molecule has 0 amide bonds. The van der Waals surface area contributed by atoms with Crippen LogP contribution in [0, 0.1) is 5.82 Å². The zero-order valence-electron chi connectivity index (χ0n) is 9.29. The maximum Gasteiger partial charge on any atom is 0.137 e. The smallest absolute Gasteiger partial charge is 0.137 e. The Hall–Kier alpha value is -0.910. The lowest BCUT2D eigenvalue weighted by molar-refractivity contribution is 0.473. The van der Waals surface area contributed by atoms with Crippen molar-refractivity contribution in [3.05, 3.63) is 56.7 Å². The van der Waals surface area contributed by atoms with E-state index in [1.807, 2.05) is 18.2 Å². The Labute approximate surface area is 121 Å². The lowest BCUT2D eigenvalue weighted by atomic mass is 10.2. The van der Waals surface area contributed by atoms with Crippen molar-refractivity contribution in [3.8, 4) is 11.5 Å². The summed E-state index contributed by atoms with van der Waals surface area (Å²) < 4.78 is 20.1. The van der Waals surface area contributed by atoms with Crippen molar-refractivity contribution >= 4 is 31.9 Å². The fourth-order valence-electron chi connectivity index (χ4n) is 1.47. The minimum absolute atomic E-state index is 0.322. The van der Waals surface area contributed by atoms with Gasteiger partial charge in [-0.25, -0.2) is 4.39 Å². The first-order valence-electron chi connectivity index (χ1n) is 5.21. The topological polar surface area (TPSA) is 35.2 Å². The van der Waals surface area contributed by atoms with E-state index < -0.39 is 0 Å². The molecule has 94 valence electrons. The summed E-state index contributed by atoms with van der Waals surface area (Å²) >= 11 is 6.49. The molecular formula is C13H10Br2FNO. The van der Waals surface area contributed by atoms with E-state index in [4.69, 9.17) is 10.5 Å². The molecule has 0 saturated carbocycles. The molecule has 0 aliphatic carbocycles. The first-order chi connectivity index (χ1) is 8.60. The zero-order valence-corrected chi connectivity index (χ0v) is 12.5. The molecule has 0 radical (unpaired) electrons. The molecule has 2 rings (SSSR count). The second kappa shape index (κ2) is 5.82. The summed E-state index contributed by atoms with van der Waals surface area (Å²) in [6.07, 6.45) is 0. The number of hydrogen-bond donors (Lipinski definition) is 1. The van der Waals surface area contributed by atoms with Crippen LogP contribution < -0.4 is 10.5 Å². The van der Waals surface area contributed by atoms with Gasteiger partial charge in [-0.05, 0) is 52.3 Å². The average molecular weight is 375 g/mol. The van der Waals surface area contributed by atoms with Crippen molar-refractivity contribution in [2.75, 3.05) is 0 Å². The molecule has 0 aliphatic heterocycles. The third kappa shape index (κ3) is 3.10. The Morgan fingerprint density at radius 3 is 2.56 bits per heavy atom. The van der Waals surface area contributed by atoms with Crippen molar-refractivity contribution in [1.82, 2.24) is 0 Å². The fourth-order valence-corrected chi connectivity index (χ4v) is 2.24. The van der Waals surface area contributed by atoms with Crippen LogP contribution in [-0.2, 0) is 6.54 Å². The zero-order chi connectivity index (χ0) is 13.1. The van der Waals surface area contributed by atoms with Crippen molar-refractivity contribution in [3.63, 3.8) is 0 Å². The Morgan fingerprint density at radius 1 is 1.11 bits per heavy atom. The molecule has 0 saturated heterocycles. The highest BCUT2D eigenvalue weighted by Crippen LogP contribution is 2.30.